The number of halogens is 1. The van der Waals surface area contributed by atoms with E-state index in [1.165, 1.54) is 18.3 Å². The van der Waals surface area contributed by atoms with E-state index in [-0.39, 0.29) is 17.1 Å². The third-order valence-electron chi connectivity index (χ3n) is 3.00. The first-order chi connectivity index (χ1) is 7.12. The monoisotopic (exact) mass is 208 g/mol. The highest BCUT2D eigenvalue weighted by Gasteiger charge is 2.39. The lowest BCUT2D eigenvalue weighted by Crippen LogP contribution is -2.39. The maximum Gasteiger partial charge on any atom is 0.231 e. The van der Waals surface area contributed by atoms with Crippen LogP contribution in [-0.2, 0) is 4.79 Å². The van der Waals surface area contributed by atoms with E-state index in [1.54, 1.807) is 0 Å². The van der Waals surface area contributed by atoms with E-state index in [2.05, 4.69) is 10.3 Å². The van der Waals surface area contributed by atoms with Gasteiger partial charge < -0.3 is 5.32 Å². The number of pyridine rings is 1. The van der Waals surface area contributed by atoms with Crippen LogP contribution in [0.25, 0.3) is 0 Å². The van der Waals surface area contributed by atoms with Gasteiger partial charge in [0.1, 0.15) is 0 Å². The molecule has 1 aromatic heterocycles. The van der Waals surface area contributed by atoms with Gasteiger partial charge in [-0.25, -0.2) is 9.37 Å². The van der Waals surface area contributed by atoms with Crippen LogP contribution in [0.1, 0.15) is 26.2 Å². The molecule has 0 spiro atoms. The molecule has 1 amide bonds. The van der Waals surface area contributed by atoms with Crippen molar-refractivity contribution in [3.05, 3.63) is 24.1 Å². The summed E-state index contributed by atoms with van der Waals surface area (Å²) < 4.78 is 13.2. The van der Waals surface area contributed by atoms with E-state index in [0.717, 1.165) is 19.3 Å². The van der Waals surface area contributed by atoms with Crippen molar-refractivity contribution in [3.8, 4) is 0 Å². The van der Waals surface area contributed by atoms with Crippen molar-refractivity contribution in [3.63, 3.8) is 0 Å². The molecule has 0 saturated heterocycles. The molecule has 1 saturated carbocycles. The maximum atomic E-state index is 13.2. The predicted octanol–water partition coefficient (Wildman–Crippen LogP) is 2.35. The Morgan fingerprint density at radius 2 is 2.33 bits per heavy atom. The summed E-state index contributed by atoms with van der Waals surface area (Å²) in [7, 11) is 0. The number of rotatable bonds is 2. The summed E-state index contributed by atoms with van der Waals surface area (Å²) in [6, 6.07) is 2.78. The summed E-state index contributed by atoms with van der Waals surface area (Å²) in [6.45, 7) is 1.90. The summed E-state index contributed by atoms with van der Waals surface area (Å²) in [5, 5.41) is 2.53. The first-order valence-electron chi connectivity index (χ1n) is 5.04. The summed E-state index contributed by atoms with van der Waals surface area (Å²) in [4.78, 5) is 15.5. The zero-order chi connectivity index (χ0) is 10.9. The first-order valence-corrected chi connectivity index (χ1v) is 5.04. The minimum absolute atomic E-state index is 0.0237. The van der Waals surface area contributed by atoms with Gasteiger partial charge in [0.05, 0.1) is 0 Å². The molecule has 0 radical (unpaired) electrons. The minimum atomic E-state index is -0.492. The van der Waals surface area contributed by atoms with Crippen molar-refractivity contribution in [2.45, 2.75) is 26.2 Å². The predicted molar refractivity (Wildman–Crippen MR) is 54.8 cm³/mol. The Bertz CT molecular complexity index is 388. The maximum absolute atomic E-state index is 13.2. The van der Waals surface area contributed by atoms with Crippen LogP contribution in [0.2, 0.25) is 0 Å². The molecule has 1 N–H and O–H groups in total. The van der Waals surface area contributed by atoms with Gasteiger partial charge in [0.15, 0.2) is 11.6 Å². The van der Waals surface area contributed by atoms with Crippen LogP contribution in [0.5, 0.6) is 0 Å². The smallest absolute Gasteiger partial charge is 0.231 e. The molecule has 0 aromatic carbocycles. The molecule has 15 heavy (non-hydrogen) atoms. The average molecular weight is 208 g/mol. The number of carbonyl (C=O) groups excluding carboxylic acids is 1. The molecule has 0 atom stereocenters. The molecule has 1 aliphatic rings. The number of carbonyl (C=O) groups is 1. The largest absolute Gasteiger partial charge is 0.308 e. The van der Waals surface area contributed by atoms with Crippen molar-refractivity contribution < 1.29 is 9.18 Å². The number of aromatic nitrogens is 1. The van der Waals surface area contributed by atoms with Crippen LogP contribution < -0.4 is 5.32 Å². The van der Waals surface area contributed by atoms with Gasteiger partial charge in [-0.15, -0.1) is 0 Å². The fourth-order valence-electron chi connectivity index (χ4n) is 1.67. The van der Waals surface area contributed by atoms with Crippen molar-refractivity contribution >= 4 is 11.7 Å². The lowest BCUT2D eigenvalue weighted by Gasteiger charge is -2.36. The van der Waals surface area contributed by atoms with Gasteiger partial charge in [0.2, 0.25) is 5.91 Å². The highest BCUT2D eigenvalue weighted by atomic mass is 19.1. The quantitative estimate of drug-likeness (QED) is 0.810. The Kier molecular flexibility index (Phi) is 2.42. The number of anilines is 1. The molecule has 1 aromatic rings. The van der Waals surface area contributed by atoms with E-state index in [0.29, 0.717) is 0 Å². The van der Waals surface area contributed by atoms with Crippen molar-refractivity contribution in [2.24, 2.45) is 5.41 Å². The highest BCUT2D eigenvalue weighted by Crippen LogP contribution is 2.41. The van der Waals surface area contributed by atoms with E-state index in [1.807, 2.05) is 6.92 Å². The second-order valence-corrected chi connectivity index (χ2v) is 4.20. The van der Waals surface area contributed by atoms with Gasteiger partial charge in [0.25, 0.3) is 0 Å². The zero-order valence-corrected chi connectivity index (χ0v) is 8.59. The topological polar surface area (TPSA) is 42.0 Å². The van der Waals surface area contributed by atoms with E-state index in [9.17, 15) is 9.18 Å². The van der Waals surface area contributed by atoms with Gasteiger partial charge in [-0.2, -0.15) is 0 Å². The summed E-state index contributed by atoms with van der Waals surface area (Å²) in [5.41, 5.74) is -0.329. The van der Waals surface area contributed by atoms with Gasteiger partial charge in [-0.05, 0) is 25.0 Å². The van der Waals surface area contributed by atoms with Crippen LogP contribution in [-0.4, -0.2) is 10.9 Å². The van der Waals surface area contributed by atoms with Gasteiger partial charge >= 0.3 is 0 Å². The van der Waals surface area contributed by atoms with Gasteiger partial charge in [-0.1, -0.05) is 13.3 Å². The number of nitrogens with one attached hydrogen (secondary N) is 1. The van der Waals surface area contributed by atoms with E-state index >= 15 is 0 Å². The molecule has 1 heterocycles. The Morgan fingerprint density at radius 3 is 2.87 bits per heavy atom. The Balaban J connectivity index is 2.09. The standard InChI is InChI=1S/C11H13FN2O/c1-11(5-3-6-11)10(15)14-9-8(12)4-2-7-13-9/h2,4,7H,3,5-6H2,1H3,(H,13,14,15). The second-order valence-electron chi connectivity index (χ2n) is 4.20. The fourth-order valence-corrected chi connectivity index (χ4v) is 1.67. The van der Waals surface area contributed by atoms with Crippen molar-refractivity contribution in [1.29, 1.82) is 0 Å². The highest BCUT2D eigenvalue weighted by molar-refractivity contribution is 5.94. The summed E-state index contributed by atoms with van der Waals surface area (Å²) in [6.07, 6.45) is 4.26. The lowest BCUT2D eigenvalue weighted by molar-refractivity contribution is -0.128. The molecule has 1 aliphatic carbocycles. The SMILES string of the molecule is CC1(C(=O)Nc2ncccc2F)CCC1. The molecule has 0 bridgehead atoms. The van der Waals surface area contributed by atoms with Crippen molar-refractivity contribution in [1.82, 2.24) is 4.98 Å². The van der Waals surface area contributed by atoms with Gasteiger partial charge in [0, 0.05) is 11.6 Å². The zero-order valence-electron chi connectivity index (χ0n) is 8.59. The fraction of sp³-hybridized carbons (Fsp3) is 0.455. The number of amides is 1. The molecule has 0 aliphatic heterocycles. The van der Waals surface area contributed by atoms with Crippen LogP contribution in [0, 0.1) is 11.2 Å². The van der Waals surface area contributed by atoms with Crippen LogP contribution >= 0.6 is 0 Å². The Hall–Kier alpha value is -1.45. The summed E-state index contributed by atoms with van der Waals surface area (Å²) >= 11 is 0. The molecule has 80 valence electrons. The molecule has 1 fully saturated rings. The number of hydrogen-bond acceptors (Lipinski definition) is 2. The average Bonchev–Trinajstić information content (AvgIpc) is 2.18. The van der Waals surface area contributed by atoms with E-state index in [4.69, 9.17) is 0 Å². The molecule has 3 nitrogen and oxygen atoms in total. The third-order valence-corrected chi connectivity index (χ3v) is 3.00. The molecule has 0 unspecified atom stereocenters. The minimum Gasteiger partial charge on any atom is -0.308 e. The normalized spacial score (nSPS) is 18.0. The lowest BCUT2D eigenvalue weighted by atomic mass is 9.70. The molecule has 2 rings (SSSR count). The van der Waals surface area contributed by atoms with Gasteiger partial charge in [-0.3, -0.25) is 4.79 Å². The Morgan fingerprint density at radius 1 is 1.60 bits per heavy atom. The van der Waals surface area contributed by atoms with Crippen LogP contribution in [0.15, 0.2) is 18.3 Å². The molecule has 4 heteroatoms. The van der Waals surface area contributed by atoms with Crippen molar-refractivity contribution in [2.75, 3.05) is 5.32 Å². The third kappa shape index (κ3) is 1.84. The van der Waals surface area contributed by atoms with Crippen LogP contribution in [0.4, 0.5) is 10.2 Å². The second kappa shape index (κ2) is 3.61. The van der Waals surface area contributed by atoms with E-state index < -0.39 is 5.82 Å². The first kappa shape index (κ1) is 10.1. The number of hydrogen-bond donors (Lipinski definition) is 1. The Labute approximate surface area is 87.7 Å². The summed E-state index contributed by atoms with van der Waals surface area (Å²) in [5.74, 6) is -0.601. The molecular weight excluding hydrogens is 195 g/mol. The molecular formula is C11H13FN2O. The number of nitrogens with zero attached hydrogens (tertiary/aromatic N) is 1. The van der Waals surface area contributed by atoms with Crippen LogP contribution in [0.3, 0.4) is 0 Å².